The zero-order chi connectivity index (χ0) is 13.0. The third-order valence-corrected chi connectivity index (χ3v) is 2.44. The molecule has 0 aromatic heterocycles. The summed E-state index contributed by atoms with van der Waals surface area (Å²) in [4.78, 5) is 23.3. The second-order valence-electron chi connectivity index (χ2n) is 4.13. The summed E-state index contributed by atoms with van der Waals surface area (Å²) in [6.07, 6.45) is 0. The van der Waals surface area contributed by atoms with Crippen molar-refractivity contribution in [3.05, 3.63) is 29.3 Å². The van der Waals surface area contributed by atoms with Gasteiger partial charge in [0, 0.05) is 5.92 Å². The van der Waals surface area contributed by atoms with E-state index in [-0.39, 0.29) is 11.8 Å². The number of carbonyl (C=O) groups is 2. The second kappa shape index (κ2) is 5.48. The van der Waals surface area contributed by atoms with Crippen molar-refractivity contribution < 1.29 is 14.3 Å². The molecule has 17 heavy (non-hydrogen) atoms. The first kappa shape index (κ1) is 13.2. The monoisotopic (exact) mass is 235 g/mol. The SMILES string of the molecule is COC(=O)c1c(C)cccc1NC(=O)C(C)C. The highest BCUT2D eigenvalue weighted by molar-refractivity contribution is 6.02. The van der Waals surface area contributed by atoms with Gasteiger partial charge in [-0.05, 0) is 18.6 Å². The highest BCUT2D eigenvalue weighted by Crippen LogP contribution is 2.21. The number of amides is 1. The van der Waals surface area contributed by atoms with Crippen molar-refractivity contribution in [2.45, 2.75) is 20.8 Å². The van der Waals surface area contributed by atoms with Crippen molar-refractivity contribution in [1.82, 2.24) is 0 Å². The number of hydrogen-bond acceptors (Lipinski definition) is 3. The average molecular weight is 235 g/mol. The molecule has 0 heterocycles. The van der Waals surface area contributed by atoms with Crippen molar-refractivity contribution in [1.29, 1.82) is 0 Å². The molecule has 1 aromatic carbocycles. The van der Waals surface area contributed by atoms with E-state index in [0.29, 0.717) is 11.3 Å². The fourth-order valence-electron chi connectivity index (χ4n) is 1.42. The molecule has 4 heteroatoms. The molecule has 0 bridgehead atoms. The Labute approximate surface area is 101 Å². The van der Waals surface area contributed by atoms with Gasteiger partial charge in [0.05, 0.1) is 18.4 Å². The standard InChI is InChI=1S/C13H17NO3/c1-8(2)12(15)14-10-7-5-6-9(3)11(10)13(16)17-4/h5-8H,1-4H3,(H,14,15). The predicted octanol–water partition coefficient (Wildman–Crippen LogP) is 2.38. The minimum Gasteiger partial charge on any atom is -0.465 e. The van der Waals surface area contributed by atoms with Crippen molar-refractivity contribution in [2.24, 2.45) is 5.92 Å². The Hall–Kier alpha value is -1.84. The molecular formula is C13H17NO3. The fourth-order valence-corrected chi connectivity index (χ4v) is 1.42. The van der Waals surface area contributed by atoms with Gasteiger partial charge < -0.3 is 10.1 Å². The van der Waals surface area contributed by atoms with E-state index in [1.54, 1.807) is 39.0 Å². The van der Waals surface area contributed by atoms with Gasteiger partial charge in [0.25, 0.3) is 0 Å². The summed E-state index contributed by atoms with van der Waals surface area (Å²) < 4.78 is 4.71. The van der Waals surface area contributed by atoms with Gasteiger partial charge in [0.2, 0.25) is 5.91 Å². The molecule has 0 atom stereocenters. The topological polar surface area (TPSA) is 55.4 Å². The fraction of sp³-hybridized carbons (Fsp3) is 0.385. The number of benzene rings is 1. The number of ether oxygens (including phenoxy) is 1. The first-order chi connectivity index (χ1) is 7.97. The highest BCUT2D eigenvalue weighted by atomic mass is 16.5. The molecule has 0 fully saturated rings. The van der Waals surface area contributed by atoms with Crippen LogP contribution < -0.4 is 5.32 Å². The van der Waals surface area contributed by atoms with Crippen LogP contribution in [0.5, 0.6) is 0 Å². The van der Waals surface area contributed by atoms with Gasteiger partial charge >= 0.3 is 5.97 Å². The Morgan fingerprint density at radius 3 is 2.47 bits per heavy atom. The van der Waals surface area contributed by atoms with E-state index in [9.17, 15) is 9.59 Å². The zero-order valence-electron chi connectivity index (χ0n) is 10.5. The van der Waals surface area contributed by atoms with Gasteiger partial charge in [0.15, 0.2) is 0 Å². The van der Waals surface area contributed by atoms with Gasteiger partial charge in [-0.25, -0.2) is 4.79 Å². The maximum atomic E-state index is 11.6. The molecule has 0 aliphatic rings. The Bertz CT molecular complexity index is 438. The Morgan fingerprint density at radius 2 is 1.94 bits per heavy atom. The average Bonchev–Trinajstić information content (AvgIpc) is 2.28. The highest BCUT2D eigenvalue weighted by Gasteiger charge is 2.17. The van der Waals surface area contributed by atoms with Crippen LogP contribution in [0.15, 0.2) is 18.2 Å². The van der Waals surface area contributed by atoms with Crippen molar-refractivity contribution in [3.8, 4) is 0 Å². The van der Waals surface area contributed by atoms with Crippen LogP contribution in [0.1, 0.15) is 29.8 Å². The number of anilines is 1. The van der Waals surface area contributed by atoms with Crippen LogP contribution in [0.4, 0.5) is 5.69 Å². The minimum absolute atomic E-state index is 0.124. The van der Waals surface area contributed by atoms with E-state index in [1.165, 1.54) is 7.11 Å². The van der Waals surface area contributed by atoms with E-state index < -0.39 is 5.97 Å². The van der Waals surface area contributed by atoms with Gasteiger partial charge in [-0.2, -0.15) is 0 Å². The summed E-state index contributed by atoms with van der Waals surface area (Å²) in [5, 5.41) is 2.73. The molecule has 0 aliphatic heterocycles. The Balaban J connectivity index is 3.11. The van der Waals surface area contributed by atoms with Crippen LogP contribution in [0, 0.1) is 12.8 Å². The lowest BCUT2D eigenvalue weighted by Crippen LogP contribution is -2.20. The number of esters is 1. The summed E-state index contributed by atoms with van der Waals surface area (Å²) in [5.74, 6) is -0.705. The van der Waals surface area contributed by atoms with Crippen LogP contribution in [0.25, 0.3) is 0 Å². The number of carbonyl (C=O) groups excluding carboxylic acids is 2. The predicted molar refractivity (Wildman–Crippen MR) is 66.0 cm³/mol. The van der Waals surface area contributed by atoms with E-state index in [4.69, 9.17) is 4.74 Å². The van der Waals surface area contributed by atoms with Crippen molar-refractivity contribution in [2.75, 3.05) is 12.4 Å². The van der Waals surface area contributed by atoms with Crippen LogP contribution in [-0.4, -0.2) is 19.0 Å². The number of methoxy groups -OCH3 is 1. The third kappa shape index (κ3) is 3.06. The number of nitrogens with one attached hydrogen (secondary N) is 1. The Kier molecular flexibility index (Phi) is 4.26. The number of hydrogen-bond donors (Lipinski definition) is 1. The molecule has 1 N–H and O–H groups in total. The smallest absolute Gasteiger partial charge is 0.340 e. The van der Waals surface area contributed by atoms with Gasteiger partial charge in [-0.15, -0.1) is 0 Å². The molecule has 0 aliphatic carbocycles. The van der Waals surface area contributed by atoms with Crippen LogP contribution in [0.2, 0.25) is 0 Å². The molecule has 0 radical (unpaired) electrons. The quantitative estimate of drug-likeness (QED) is 0.818. The third-order valence-electron chi connectivity index (χ3n) is 2.44. The van der Waals surface area contributed by atoms with E-state index in [0.717, 1.165) is 5.56 Å². The summed E-state index contributed by atoms with van der Waals surface area (Å²) in [5.41, 5.74) is 1.68. The first-order valence-corrected chi connectivity index (χ1v) is 5.46. The normalized spacial score (nSPS) is 10.2. The van der Waals surface area contributed by atoms with Crippen LogP contribution in [0.3, 0.4) is 0 Å². The largest absolute Gasteiger partial charge is 0.465 e. The van der Waals surface area contributed by atoms with Gasteiger partial charge in [0.1, 0.15) is 0 Å². The van der Waals surface area contributed by atoms with Gasteiger partial charge in [-0.3, -0.25) is 4.79 Å². The summed E-state index contributed by atoms with van der Waals surface area (Å²) in [6.45, 7) is 5.39. The minimum atomic E-state index is -0.442. The molecule has 0 spiro atoms. The summed E-state index contributed by atoms with van der Waals surface area (Å²) >= 11 is 0. The summed E-state index contributed by atoms with van der Waals surface area (Å²) in [7, 11) is 1.32. The maximum absolute atomic E-state index is 11.6. The van der Waals surface area contributed by atoms with Crippen LogP contribution >= 0.6 is 0 Å². The molecule has 92 valence electrons. The van der Waals surface area contributed by atoms with Crippen molar-refractivity contribution in [3.63, 3.8) is 0 Å². The molecule has 1 aromatic rings. The Morgan fingerprint density at radius 1 is 1.29 bits per heavy atom. The first-order valence-electron chi connectivity index (χ1n) is 5.46. The number of rotatable bonds is 3. The number of aryl methyl sites for hydroxylation is 1. The lowest BCUT2D eigenvalue weighted by molar-refractivity contribution is -0.118. The molecule has 0 unspecified atom stereocenters. The molecule has 4 nitrogen and oxygen atoms in total. The van der Waals surface area contributed by atoms with Crippen LogP contribution in [-0.2, 0) is 9.53 Å². The molecule has 1 rings (SSSR count). The molecular weight excluding hydrogens is 218 g/mol. The molecule has 0 saturated heterocycles. The molecule has 0 saturated carbocycles. The van der Waals surface area contributed by atoms with E-state index in [1.807, 2.05) is 0 Å². The molecule has 1 amide bonds. The maximum Gasteiger partial charge on any atom is 0.340 e. The summed E-state index contributed by atoms with van der Waals surface area (Å²) in [6, 6.07) is 5.29. The van der Waals surface area contributed by atoms with E-state index >= 15 is 0 Å². The second-order valence-corrected chi connectivity index (χ2v) is 4.13. The lowest BCUT2D eigenvalue weighted by atomic mass is 10.1. The zero-order valence-corrected chi connectivity index (χ0v) is 10.5. The van der Waals surface area contributed by atoms with Crippen molar-refractivity contribution >= 4 is 17.6 Å². The van der Waals surface area contributed by atoms with Gasteiger partial charge in [-0.1, -0.05) is 26.0 Å². The van der Waals surface area contributed by atoms with E-state index in [2.05, 4.69) is 5.32 Å². The lowest BCUT2D eigenvalue weighted by Gasteiger charge is -2.13.